The fourth-order valence-corrected chi connectivity index (χ4v) is 1.72. The zero-order valence-corrected chi connectivity index (χ0v) is 7.98. The van der Waals surface area contributed by atoms with Crippen molar-refractivity contribution >= 4 is 6.34 Å². The summed E-state index contributed by atoms with van der Waals surface area (Å²) in [5.74, 6) is 0. The lowest BCUT2D eigenvalue weighted by atomic mass is 10.2. The molecular formula is C11H15N2+. The second-order valence-electron chi connectivity index (χ2n) is 3.87. The maximum Gasteiger partial charge on any atom is 0.185 e. The first kappa shape index (κ1) is 8.45. The Hall–Kier alpha value is -1.15. The van der Waals surface area contributed by atoms with E-state index >= 15 is 0 Å². The Balaban J connectivity index is 2.10. The smallest absolute Gasteiger partial charge is 0.185 e. The molecule has 13 heavy (non-hydrogen) atoms. The molecule has 0 saturated carbocycles. The molecule has 0 bridgehead atoms. The van der Waals surface area contributed by atoms with E-state index in [-0.39, 0.29) is 0 Å². The van der Waals surface area contributed by atoms with Crippen LogP contribution >= 0.6 is 0 Å². The van der Waals surface area contributed by atoms with Gasteiger partial charge in [0.2, 0.25) is 0 Å². The molecule has 0 saturated heterocycles. The van der Waals surface area contributed by atoms with Gasteiger partial charge in [-0.1, -0.05) is 30.3 Å². The third-order valence-corrected chi connectivity index (χ3v) is 2.49. The fourth-order valence-electron chi connectivity index (χ4n) is 1.72. The third kappa shape index (κ3) is 1.95. The standard InChI is InChI=1S/C11H15N2/c1-13(8-7-12-10-13)9-11-5-3-2-4-6-11/h2-6,10H,7-9H2,1H3/q+1. The number of nitrogens with zero attached hydrogens (tertiary/aromatic N) is 2. The molecule has 1 aliphatic heterocycles. The molecule has 0 aliphatic carbocycles. The minimum absolute atomic E-state index is 0.948. The van der Waals surface area contributed by atoms with Crippen molar-refractivity contribution < 1.29 is 4.48 Å². The van der Waals surface area contributed by atoms with Gasteiger partial charge in [-0.2, -0.15) is 0 Å². The molecule has 0 amide bonds. The molecule has 2 rings (SSSR count). The van der Waals surface area contributed by atoms with Gasteiger partial charge < -0.3 is 0 Å². The van der Waals surface area contributed by atoms with Gasteiger partial charge in [-0.3, -0.25) is 4.48 Å². The first-order valence-corrected chi connectivity index (χ1v) is 4.68. The molecule has 1 unspecified atom stereocenters. The Labute approximate surface area is 79.1 Å². The van der Waals surface area contributed by atoms with Gasteiger partial charge in [0.05, 0.1) is 13.6 Å². The molecule has 1 aromatic rings. The van der Waals surface area contributed by atoms with Crippen molar-refractivity contribution in [3.05, 3.63) is 35.9 Å². The first-order valence-electron chi connectivity index (χ1n) is 4.68. The maximum atomic E-state index is 4.28. The number of hydrogen-bond acceptors (Lipinski definition) is 1. The average molecular weight is 175 g/mol. The number of aliphatic imine (C=N–C) groups is 1. The zero-order valence-electron chi connectivity index (χ0n) is 7.98. The van der Waals surface area contributed by atoms with Crippen LogP contribution in [0.2, 0.25) is 0 Å². The molecular weight excluding hydrogens is 160 g/mol. The molecule has 1 aliphatic rings. The fraction of sp³-hybridized carbons (Fsp3) is 0.364. The Morgan fingerprint density at radius 2 is 2.08 bits per heavy atom. The highest BCUT2D eigenvalue weighted by Crippen LogP contribution is 2.12. The van der Waals surface area contributed by atoms with Crippen LogP contribution in [-0.4, -0.2) is 31.0 Å². The maximum absolute atomic E-state index is 4.28. The SMILES string of the molecule is C[N+]1(Cc2ccccc2)C=NCC1. The van der Waals surface area contributed by atoms with Crippen LogP contribution in [0.1, 0.15) is 5.56 Å². The van der Waals surface area contributed by atoms with Crippen molar-refractivity contribution in [2.75, 3.05) is 20.1 Å². The van der Waals surface area contributed by atoms with Crippen LogP contribution in [0.15, 0.2) is 35.3 Å². The normalized spacial score (nSPS) is 26.5. The lowest BCUT2D eigenvalue weighted by Gasteiger charge is -2.24. The second-order valence-corrected chi connectivity index (χ2v) is 3.87. The third-order valence-electron chi connectivity index (χ3n) is 2.49. The van der Waals surface area contributed by atoms with E-state index < -0.39 is 0 Å². The van der Waals surface area contributed by atoms with Crippen LogP contribution < -0.4 is 0 Å². The zero-order chi connectivity index (χ0) is 9.15. The molecule has 1 atom stereocenters. The largest absolute Gasteiger partial charge is 0.278 e. The van der Waals surface area contributed by atoms with Crippen LogP contribution in [0, 0.1) is 0 Å². The van der Waals surface area contributed by atoms with E-state index in [9.17, 15) is 0 Å². The van der Waals surface area contributed by atoms with Gasteiger partial charge in [0.25, 0.3) is 0 Å². The molecule has 0 N–H and O–H groups in total. The molecule has 2 heteroatoms. The minimum Gasteiger partial charge on any atom is -0.278 e. The summed E-state index contributed by atoms with van der Waals surface area (Å²) < 4.78 is 0.948. The van der Waals surface area contributed by atoms with Crippen LogP contribution in [0.3, 0.4) is 0 Å². The summed E-state index contributed by atoms with van der Waals surface area (Å²) in [6.07, 6.45) is 2.06. The van der Waals surface area contributed by atoms with Crippen molar-refractivity contribution in [1.29, 1.82) is 0 Å². The molecule has 0 aromatic heterocycles. The summed E-state index contributed by atoms with van der Waals surface area (Å²) >= 11 is 0. The van der Waals surface area contributed by atoms with Crippen molar-refractivity contribution in [2.24, 2.45) is 4.99 Å². The van der Waals surface area contributed by atoms with E-state index in [1.807, 2.05) is 0 Å². The van der Waals surface area contributed by atoms with E-state index in [4.69, 9.17) is 0 Å². The highest BCUT2D eigenvalue weighted by atomic mass is 15.4. The quantitative estimate of drug-likeness (QED) is 0.606. The van der Waals surface area contributed by atoms with Gasteiger partial charge in [0.1, 0.15) is 13.1 Å². The van der Waals surface area contributed by atoms with Gasteiger partial charge in [0, 0.05) is 5.56 Å². The van der Waals surface area contributed by atoms with E-state index in [0.29, 0.717) is 0 Å². The van der Waals surface area contributed by atoms with Gasteiger partial charge in [-0.15, -0.1) is 0 Å². The van der Waals surface area contributed by atoms with Crippen molar-refractivity contribution in [3.8, 4) is 0 Å². The molecule has 0 radical (unpaired) electrons. The van der Waals surface area contributed by atoms with E-state index in [2.05, 4.69) is 48.7 Å². The molecule has 68 valence electrons. The number of quaternary nitrogens is 1. The van der Waals surface area contributed by atoms with Gasteiger partial charge in [-0.05, 0) is 0 Å². The number of hydrogen-bond donors (Lipinski definition) is 0. The predicted molar refractivity (Wildman–Crippen MR) is 54.6 cm³/mol. The summed E-state index contributed by atoms with van der Waals surface area (Å²) in [4.78, 5) is 4.28. The Morgan fingerprint density at radius 1 is 1.31 bits per heavy atom. The number of likely N-dealkylation sites (N-methyl/N-ethyl adjacent to an activating group) is 1. The molecule has 1 heterocycles. The monoisotopic (exact) mass is 175 g/mol. The van der Waals surface area contributed by atoms with Crippen LogP contribution in [0.25, 0.3) is 0 Å². The lowest BCUT2D eigenvalue weighted by Crippen LogP contribution is -2.39. The van der Waals surface area contributed by atoms with E-state index in [1.54, 1.807) is 0 Å². The molecule has 1 aromatic carbocycles. The summed E-state index contributed by atoms with van der Waals surface area (Å²) in [5.41, 5.74) is 1.39. The minimum atomic E-state index is 0.948. The van der Waals surface area contributed by atoms with Gasteiger partial charge in [0.15, 0.2) is 6.34 Å². The summed E-state index contributed by atoms with van der Waals surface area (Å²) in [6, 6.07) is 10.6. The highest BCUT2D eigenvalue weighted by molar-refractivity contribution is 5.48. The van der Waals surface area contributed by atoms with Crippen molar-refractivity contribution in [3.63, 3.8) is 0 Å². The molecule has 0 spiro atoms. The van der Waals surface area contributed by atoms with E-state index in [0.717, 1.165) is 24.1 Å². The highest BCUT2D eigenvalue weighted by Gasteiger charge is 2.23. The summed E-state index contributed by atoms with van der Waals surface area (Å²) in [5, 5.41) is 0. The van der Waals surface area contributed by atoms with Crippen LogP contribution in [0.4, 0.5) is 0 Å². The van der Waals surface area contributed by atoms with Crippen molar-refractivity contribution in [2.45, 2.75) is 6.54 Å². The Kier molecular flexibility index (Phi) is 2.15. The Bertz CT molecular complexity index is 305. The lowest BCUT2D eigenvalue weighted by molar-refractivity contribution is -0.821. The Morgan fingerprint density at radius 3 is 2.69 bits per heavy atom. The summed E-state index contributed by atoms with van der Waals surface area (Å²) in [6.45, 7) is 3.17. The topological polar surface area (TPSA) is 12.4 Å². The molecule has 2 nitrogen and oxygen atoms in total. The van der Waals surface area contributed by atoms with Crippen molar-refractivity contribution in [1.82, 2.24) is 0 Å². The second kappa shape index (κ2) is 3.30. The van der Waals surface area contributed by atoms with Crippen LogP contribution in [0.5, 0.6) is 0 Å². The summed E-state index contributed by atoms with van der Waals surface area (Å²) in [7, 11) is 2.23. The average Bonchev–Trinajstić information content (AvgIpc) is 2.54. The number of benzene rings is 1. The van der Waals surface area contributed by atoms with Gasteiger partial charge in [-0.25, -0.2) is 4.99 Å². The van der Waals surface area contributed by atoms with E-state index in [1.165, 1.54) is 5.56 Å². The van der Waals surface area contributed by atoms with Gasteiger partial charge >= 0.3 is 0 Å². The number of rotatable bonds is 2. The van der Waals surface area contributed by atoms with Crippen LogP contribution in [-0.2, 0) is 6.54 Å². The first-order chi connectivity index (χ1) is 6.29. The predicted octanol–water partition coefficient (Wildman–Crippen LogP) is 1.68. The molecule has 0 fully saturated rings.